The Morgan fingerprint density at radius 3 is 2.31 bits per heavy atom. The van der Waals surface area contributed by atoms with Crippen LogP contribution in [0.4, 0.5) is 5.82 Å². The zero-order valence-corrected chi connectivity index (χ0v) is 19.5. The lowest BCUT2D eigenvalue weighted by Gasteiger charge is -2.35. The first-order chi connectivity index (χ1) is 15.4. The van der Waals surface area contributed by atoms with Crippen molar-refractivity contribution in [2.24, 2.45) is 0 Å². The average molecular weight is 453 g/mol. The van der Waals surface area contributed by atoms with Crippen LogP contribution >= 0.6 is 0 Å². The van der Waals surface area contributed by atoms with Gasteiger partial charge >= 0.3 is 0 Å². The first kappa shape index (κ1) is 22.2. The first-order valence-electron chi connectivity index (χ1n) is 10.8. The Morgan fingerprint density at radius 1 is 0.938 bits per heavy atom. The molecule has 0 radical (unpaired) electrons. The molecule has 2 heterocycles. The summed E-state index contributed by atoms with van der Waals surface area (Å²) in [7, 11) is -3.51. The van der Waals surface area contributed by atoms with E-state index in [1.54, 1.807) is 16.7 Å². The fourth-order valence-electron chi connectivity index (χ4n) is 3.95. The molecule has 0 spiro atoms. The van der Waals surface area contributed by atoms with E-state index in [0.29, 0.717) is 37.7 Å². The highest BCUT2D eigenvalue weighted by molar-refractivity contribution is 7.89. The summed E-state index contributed by atoms with van der Waals surface area (Å²) in [5.41, 5.74) is 3.64. The zero-order valence-electron chi connectivity index (χ0n) is 18.7. The van der Waals surface area contributed by atoms with Crippen molar-refractivity contribution in [1.29, 1.82) is 0 Å². The number of rotatable bonds is 6. The summed E-state index contributed by atoms with van der Waals surface area (Å²) in [6, 6.07) is 15.2. The monoisotopic (exact) mass is 452 g/mol. The summed E-state index contributed by atoms with van der Waals surface area (Å²) < 4.78 is 33.4. The summed E-state index contributed by atoms with van der Waals surface area (Å²) in [6.45, 7) is 8.37. The van der Waals surface area contributed by atoms with Crippen molar-refractivity contribution in [1.82, 2.24) is 14.3 Å². The third kappa shape index (κ3) is 4.61. The molecule has 3 aromatic rings. The van der Waals surface area contributed by atoms with Gasteiger partial charge in [0.05, 0.1) is 17.2 Å². The van der Waals surface area contributed by atoms with Crippen molar-refractivity contribution in [3.05, 3.63) is 66.0 Å². The number of hydrogen-bond donors (Lipinski definition) is 0. The van der Waals surface area contributed by atoms with E-state index in [1.165, 1.54) is 0 Å². The lowest BCUT2D eigenvalue weighted by atomic mass is 10.1. The van der Waals surface area contributed by atoms with Crippen LogP contribution < -0.4 is 9.64 Å². The molecule has 4 rings (SSSR count). The third-order valence-corrected chi connectivity index (χ3v) is 7.68. The number of aryl methyl sites for hydroxylation is 2. The van der Waals surface area contributed by atoms with Crippen molar-refractivity contribution in [2.75, 3.05) is 37.7 Å². The van der Waals surface area contributed by atoms with Gasteiger partial charge in [-0.3, -0.25) is 0 Å². The van der Waals surface area contributed by atoms with Crippen LogP contribution in [0.5, 0.6) is 5.75 Å². The van der Waals surface area contributed by atoms with E-state index in [0.717, 1.165) is 34.0 Å². The van der Waals surface area contributed by atoms with Gasteiger partial charge in [0.15, 0.2) is 0 Å². The van der Waals surface area contributed by atoms with E-state index in [1.807, 2.05) is 63.2 Å². The van der Waals surface area contributed by atoms with Gasteiger partial charge in [-0.2, -0.15) is 4.31 Å². The topological polar surface area (TPSA) is 75.6 Å². The molecule has 2 aromatic carbocycles. The molecule has 1 aromatic heterocycles. The Morgan fingerprint density at radius 2 is 1.66 bits per heavy atom. The second-order valence-corrected chi connectivity index (χ2v) is 9.79. The second-order valence-electron chi connectivity index (χ2n) is 7.88. The quantitative estimate of drug-likeness (QED) is 0.568. The summed E-state index contributed by atoms with van der Waals surface area (Å²) in [4.78, 5) is 11.3. The summed E-state index contributed by atoms with van der Waals surface area (Å²) >= 11 is 0. The third-order valence-electron chi connectivity index (χ3n) is 5.62. The highest BCUT2D eigenvalue weighted by atomic mass is 32.2. The molecule has 32 heavy (non-hydrogen) atoms. The van der Waals surface area contributed by atoms with Crippen molar-refractivity contribution in [3.8, 4) is 17.0 Å². The van der Waals surface area contributed by atoms with Crippen molar-refractivity contribution < 1.29 is 13.2 Å². The molecule has 168 valence electrons. The lowest BCUT2D eigenvalue weighted by molar-refractivity contribution is 0.340. The molecule has 7 nitrogen and oxygen atoms in total. The second kappa shape index (κ2) is 9.26. The van der Waals surface area contributed by atoms with Crippen molar-refractivity contribution in [2.45, 2.75) is 25.7 Å². The number of anilines is 1. The van der Waals surface area contributed by atoms with E-state index < -0.39 is 10.0 Å². The summed E-state index contributed by atoms with van der Waals surface area (Å²) in [5.74, 6) is 1.62. The molecule has 1 aliphatic rings. The average Bonchev–Trinajstić information content (AvgIpc) is 2.80. The molecule has 0 aliphatic carbocycles. The van der Waals surface area contributed by atoms with Crippen molar-refractivity contribution >= 4 is 15.8 Å². The molecule has 0 unspecified atom stereocenters. The zero-order chi connectivity index (χ0) is 22.7. The predicted octanol–water partition coefficient (Wildman–Crippen LogP) is 3.67. The Hall–Kier alpha value is -2.97. The molecule has 8 heteroatoms. The summed E-state index contributed by atoms with van der Waals surface area (Å²) in [6.07, 6.45) is 1.56. The number of ether oxygens (including phenoxy) is 1. The van der Waals surface area contributed by atoms with Crippen LogP contribution in [0.1, 0.15) is 18.1 Å². The lowest BCUT2D eigenvalue weighted by Crippen LogP contribution is -2.49. The molecule has 0 amide bonds. The number of sulfonamides is 1. The fourth-order valence-corrected chi connectivity index (χ4v) is 5.58. The number of nitrogens with zero attached hydrogens (tertiary/aromatic N) is 4. The van der Waals surface area contributed by atoms with E-state index in [4.69, 9.17) is 4.74 Å². The Labute approximate surface area is 189 Å². The van der Waals surface area contributed by atoms with Gasteiger partial charge in [0.25, 0.3) is 0 Å². The maximum atomic E-state index is 13.1. The van der Waals surface area contributed by atoms with Gasteiger partial charge in [-0.25, -0.2) is 18.4 Å². The number of benzene rings is 2. The molecular weight excluding hydrogens is 424 g/mol. The van der Waals surface area contributed by atoms with Crippen LogP contribution in [0.25, 0.3) is 11.3 Å². The Kier molecular flexibility index (Phi) is 6.43. The van der Waals surface area contributed by atoms with Crippen LogP contribution in [-0.4, -0.2) is 55.5 Å². The van der Waals surface area contributed by atoms with Gasteiger partial charge < -0.3 is 9.64 Å². The minimum Gasteiger partial charge on any atom is -0.494 e. The standard InChI is InChI=1S/C24H28N4O3S/c1-4-31-21-8-6-20(7-9-21)22-16-24(26-17-25-22)27-11-13-28(14-12-27)32(29,30)23-10-5-18(2)15-19(23)3/h5-10,15-17H,4,11-14H2,1-3H3. The van der Waals surface area contributed by atoms with E-state index >= 15 is 0 Å². The van der Waals surface area contributed by atoms with E-state index in [9.17, 15) is 8.42 Å². The molecule has 1 saturated heterocycles. The number of hydrogen-bond acceptors (Lipinski definition) is 6. The highest BCUT2D eigenvalue weighted by Crippen LogP contribution is 2.26. The predicted molar refractivity (Wildman–Crippen MR) is 126 cm³/mol. The maximum Gasteiger partial charge on any atom is 0.243 e. The number of piperazine rings is 1. The number of aromatic nitrogens is 2. The summed E-state index contributed by atoms with van der Waals surface area (Å²) in [5, 5.41) is 0. The van der Waals surface area contributed by atoms with Crippen LogP contribution in [0.2, 0.25) is 0 Å². The smallest absolute Gasteiger partial charge is 0.243 e. The van der Waals surface area contributed by atoms with E-state index in [-0.39, 0.29) is 0 Å². The van der Waals surface area contributed by atoms with Crippen LogP contribution in [0, 0.1) is 13.8 Å². The van der Waals surface area contributed by atoms with Gasteiger partial charge in [-0.1, -0.05) is 17.7 Å². The van der Waals surface area contributed by atoms with Crippen LogP contribution in [-0.2, 0) is 10.0 Å². The van der Waals surface area contributed by atoms with Gasteiger partial charge in [0, 0.05) is 37.8 Å². The van der Waals surface area contributed by atoms with Gasteiger partial charge in [0.1, 0.15) is 17.9 Å². The molecule has 0 atom stereocenters. The molecule has 0 N–H and O–H groups in total. The van der Waals surface area contributed by atoms with Gasteiger partial charge in [-0.05, 0) is 56.7 Å². The highest BCUT2D eigenvalue weighted by Gasteiger charge is 2.30. The minimum atomic E-state index is -3.51. The van der Waals surface area contributed by atoms with Crippen LogP contribution in [0.15, 0.2) is 59.8 Å². The van der Waals surface area contributed by atoms with Crippen LogP contribution in [0.3, 0.4) is 0 Å². The molecule has 0 saturated carbocycles. The molecule has 1 aliphatic heterocycles. The van der Waals surface area contributed by atoms with E-state index in [2.05, 4.69) is 14.9 Å². The van der Waals surface area contributed by atoms with Gasteiger partial charge in [-0.15, -0.1) is 0 Å². The molecule has 1 fully saturated rings. The molecular formula is C24H28N4O3S. The normalized spacial score (nSPS) is 15.0. The Bertz CT molecular complexity index is 1190. The van der Waals surface area contributed by atoms with Gasteiger partial charge in [0.2, 0.25) is 10.0 Å². The Balaban J connectivity index is 1.47. The minimum absolute atomic E-state index is 0.386. The maximum absolute atomic E-state index is 13.1. The SMILES string of the molecule is CCOc1ccc(-c2cc(N3CCN(S(=O)(=O)c4ccc(C)cc4C)CC3)ncn2)cc1. The van der Waals surface area contributed by atoms with Crippen molar-refractivity contribution in [3.63, 3.8) is 0 Å². The molecule has 0 bridgehead atoms. The largest absolute Gasteiger partial charge is 0.494 e. The fraction of sp³-hybridized carbons (Fsp3) is 0.333. The first-order valence-corrected chi connectivity index (χ1v) is 12.2.